The number of benzene rings is 1. The van der Waals surface area contributed by atoms with Gasteiger partial charge in [0.25, 0.3) is 5.91 Å². The highest BCUT2D eigenvalue weighted by Crippen LogP contribution is 2.41. The Labute approximate surface area is 135 Å². The van der Waals surface area contributed by atoms with Crippen LogP contribution in [0.3, 0.4) is 0 Å². The number of likely N-dealkylation sites (tertiary alicyclic amines) is 1. The predicted octanol–water partition coefficient (Wildman–Crippen LogP) is 3.54. The van der Waals surface area contributed by atoms with Gasteiger partial charge in [-0.1, -0.05) is 17.3 Å². The van der Waals surface area contributed by atoms with Crippen LogP contribution in [0.15, 0.2) is 34.9 Å². The van der Waals surface area contributed by atoms with Crippen LogP contribution in [0.5, 0.6) is 5.75 Å². The van der Waals surface area contributed by atoms with Gasteiger partial charge < -0.3 is 14.2 Å². The first-order valence-corrected chi connectivity index (χ1v) is 8.18. The molecule has 1 aliphatic heterocycles. The zero-order valence-corrected chi connectivity index (χ0v) is 13.2. The molecule has 1 aromatic carbocycles. The van der Waals surface area contributed by atoms with E-state index in [4.69, 9.17) is 9.26 Å². The van der Waals surface area contributed by atoms with E-state index in [0.717, 1.165) is 49.3 Å². The van der Waals surface area contributed by atoms with Crippen molar-refractivity contribution in [2.24, 2.45) is 0 Å². The van der Waals surface area contributed by atoms with Gasteiger partial charge in [0, 0.05) is 18.5 Å². The Bertz CT molecular complexity index is 721. The summed E-state index contributed by atoms with van der Waals surface area (Å²) in [6.07, 6.45) is 4.24. The summed E-state index contributed by atoms with van der Waals surface area (Å²) in [5.41, 5.74) is 1.54. The Morgan fingerprint density at radius 3 is 2.96 bits per heavy atom. The molecule has 1 unspecified atom stereocenters. The van der Waals surface area contributed by atoms with Crippen LogP contribution in [0, 0.1) is 0 Å². The molecular formula is C18H20N2O3. The summed E-state index contributed by atoms with van der Waals surface area (Å²) >= 11 is 0. The molecule has 5 heteroatoms. The van der Waals surface area contributed by atoms with Crippen LogP contribution in [-0.4, -0.2) is 29.6 Å². The molecule has 1 amide bonds. The Morgan fingerprint density at radius 2 is 2.17 bits per heavy atom. The van der Waals surface area contributed by atoms with E-state index in [1.165, 1.54) is 0 Å². The molecule has 1 saturated heterocycles. The van der Waals surface area contributed by atoms with Crippen molar-refractivity contribution in [1.29, 1.82) is 0 Å². The Hall–Kier alpha value is -2.30. The maximum Gasteiger partial charge on any atom is 0.276 e. The second kappa shape index (κ2) is 5.72. The normalized spacial score (nSPS) is 20.7. The van der Waals surface area contributed by atoms with Crippen LogP contribution in [0.4, 0.5) is 0 Å². The third-order valence-electron chi connectivity index (χ3n) is 4.72. The molecule has 23 heavy (non-hydrogen) atoms. The van der Waals surface area contributed by atoms with Gasteiger partial charge in [0.15, 0.2) is 5.69 Å². The van der Waals surface area contributed by atoms with Crippen molar-refractivity contribution in [3.05, 3.63) is 47.3 Å². The molecular weight excluding hydrogens is 292 g/mol. The maximum absolute atomic E-state index is 12.8. The number of nitrogens with zero attached hydrogens (tertiary/aromatic N) is 2. The topological polar surface area (TPSA) is 55.6 Å². The monoisotopic (exact) mass is 312 g/mol. The average molecular weight is 312 g/mol. The Kier molecular flexibility index (Phi) is 3.56. The number of carbonyl (C=O) groups excluding carboxylic acids is 1. The highest BCUT2D eigenvalue weighted by Gasteiger charge is 2.34. The highest BCUT2D eigenvalue weighted by atomic mass is 16.5. The van der Waals surface area contributed by atoms with E-state index in [1.807, 2.05) is 29.2 Å². The lowest BCUT2D eigenvalue weighted by atomic mass is 10.0. The lowest BCUT2D eigenvalue weighted by Gasteiger charge is -2.24. The third kappa shape index (κ3) is 2.71. The smallest absolute Gasteiger partial charge is 0.276 e. The van der Waals surface area contributed by atoms with Crippen LogP contribution in [-0.2, 0) is 0 Å². The zero-order chi connectivity index (χ0) is 15.8. The Balaban J connectivity index is 1.57. The molecule has 1 atom stereocenters. The van der Waals surface area contributed by atoms with E-state index in [1.54, 1.807) is 7.11 Å². The summed E-state index contributed by atoms with van der Waals surface area (Å²) in [5, 5.41) is 3.99. The quantitative estimate of drug-likeness (QED) is 0.866. The highest BCUT2D eigenvalue weighted by molar-refractivity contribution is 5.92. The average Bonchev–Trinajstić information content (AvgIpc) is 3.14. The van der Waals surface area contributed by atoms with Gasteiger partial charge in [-0.05, 0) is 43.4 Å². The number of ether oxygens (including phenoxy) is 1. The van der Waals surface area contributed by atoms with Crippen molar-refractivity contribution in [2.45, 2.75) is 37.6 Å². The molecule has 1 saturated carbocycles. The van der Waals surface area contributed by atoms with Crippen molar-refractivity contribution < 1.29 is 14.1 Å². The number of methoxy groups -OCH3 is 1. The van der Waals surface area contributed by atoms with Crippen molar-refractivity contribution in [3.63, 3.8) is 0 Å². The lowest BCUT2D eigenvalue weighted by molar-refractivity contribution is 0.0725. The second-order valence-electron chi connectivity index (χ2n) is 6.32. The van der Waals surface area contributed by atoms with Gasteiger partial charge >= 0.3 is 0 Å². The minimum atomic E-state index is -0.0361. The number of hydrogen-bond acceptors (Lipinski definition) is 4. The van der Waals surface area contributed by atoms with Gasteiger partial charge in [-0.15, -0.1) is 0 Å². The second-order valence-corrected chi connectivity index (χ2v) is 6.32. The number of rotatable bonds is 4. The van der Waals surface area contributed by atoms with Crippen molar-refractivity contribution in [1.82, 2.24) is 10.1 Å². The first-order chi connectivity index (χ1) is 11.3. The van der Waals surface area contributed by atoms with Crippen LogP contribution in [0.2, 0.25) is 0 Å². The fourth-order valence-electron chi connectivity index (χ4n) is 3.30. The Morgan fingerprint density at radius 1 is 1.30 bits per heavy atom. The van der Waals surface area contributed by atoms with Crippen molar-refractivity contribution in [3.8, 4) is 5.75 Å². The minimum Gasteiger partial charge on any atom is -0.497 e. The van der Waals surface area contributed by atoms with Gasteiger partial charge in [0.1, 0.15) is 11.5 Å². The molecule has 0 N–H and O–H groups in total. The van der Waals surface area contributed by atoms with E-state index < -0.39 is 0 Å². The molecule has 2 heterocycles. The first-order valence-electron chi connectivity index (χ1n) is 8.18. The van der Waals surface area contributed by atoms with E-state index in [-0.39, 0.29) is 11.9 Å². The fourth-order valence-corrected chi connectivity index (χ4v) is 3.30. The molecule has 2 aliphatic rings. The summed E-state index contributed by atoms with van der Waals surface area (Å²) < 4.78 is 10.6. The van der Waals surface area contributed by atoms with E-state index >= 15 is 0 Å². The molecule has 4 rings (SSSR count). The predicted molar refractivity (Wildman–Crippen MR) is 84.5 cm³/mol. The standard InChI is InChI=1S/C18H20N2O3/c1-22-14-5-2-4-13(10-14)16-6-3-9-20(16)18(21)15-11-17(23-19-15)12-7-8-12/h2,4-5,10-12,16H,3,6-9H2,1H3. The molecule has 0 radical (unpaired) electrons. The van der Waals surface area contributed by atoms with Crippen LogP contribution in [0.1, 0.15) is 59.5 Å². The number of hydrogen-bond donors (Lipinski definition) is 0. The summed E-state index contributed by atoms with van der Waals surface area (Å²) in [5.74, 6) is 2.10. The SMILES string of the molecule is COc1cccc(C2CCCN2C(=O)c2cc(C3CC3)on2)c1. The van der Waals surface area contributed by atoms with E-state index in [9.17, 15) is 4.79 Å². The maximum atomic E-state index is 12.8. The molecule has 1 aliphatic carbocycles. The van der Waals surface area contributed by atoms with Gasteiger partial charge in [0.2, 0.25) is 0 Å². The fraction of sp³-hybridized carbons (Fsp3) is 0.444. The summed E-state index contributed by atoms with van der Waals surface area (Å²) in [6, 6.07) is 9.85. The van der Waals surface area contributed by atoms with Gasteiger partial charge in [-0.2, -0.15) is 0 Å². The number of carbonyl (C=O) groups is 1. The molecule has 0 spiro atoms. The number of aromatic nitrogens is 1. The first kappa shape index (κ1) is 14.3. The molecule has 120 valence electrons. The summed E-state index contributed by atoms with van der Waals surface area (Å²) in [7, 11) is 1.66. The van der Waals surface area contributed by atoms with E-state index in [2.05, 4.69) is 11.2 Å². The lowest BCUT2D eigenvalue weighted by Crippen LogP contribution is -2.30. The zero-order valence-electron chi connectivity index (χ0n) is 13.2. The number of amides is 1. The molecule has 5 nitrogen and oxygen atoms in total. The van der Waals surface area contributed by atoms with Gasteiger partial charge in [0.05, 0.1) is 13.2 Å². The molecule has 0 bridgehead atoms. The van der Waals surface area contributed by atoms with Gasteiger partial charge in [-0.25, -0.2) is 0 Å². The molecule has 2 fully saturated rings. The minimum absolute atomic E-state index is 0.0361. The summed E-state index contributed by atoms with van der Waals surface area (Å²) in [6.45, 7) is 0.756. The van der Waals surface area contributed by atoms with Crippen molar-refractivity contribution >= 4 is 5.91 Å². The largest absolute Gasteiger partial charge is 0.497 e. The van der Waals surface area contributed by atoms with Crippen molar-refractivity contribution in [2.75, 3.05) is 13.7 Å². The van der Waals surface area contributed by atoms with Crippen LogP contribution in [0.25, 0.3) is 0 Å². The van der Waals surface area contributed by atoms with E-state index in [0.29, 0.717) is 11.6 Å². The van der Waals surface area contributed by atoms with Crippen LogP contribution >= 0.6 is 0 Å². The van der Waals surface area contributed by atoms with Gasteiger partial charge in [-0.3, -0.25) is 4.79 Å². The third-order valence-corrected chi connectivity index (χ3v) is 4.72. The molecule has 1 aromatic heterocycles. The van der Waals surface area contributed by atoms with Crippen LogP contribution < -0.4 is 4.74 Å². The molecule has 2 aromatic rings. The summed E-state index contributed by atoms with van der Waals surface area (Å²) in [4.78, 5) is 14.7.